The molecule has 1 fully saturated rings. The van der Waals surface area contributed by atoms with E-state index in [1.807, 2.05) is 12.1 Å². The summed E-state index contributed by atoms with van der Waals surface area (Å²) in [5.41, 5.74) is -0.678. The van der Waals surface area contributed by atoms with Gasteiger partial charge in [-0.2, -0.15) is 0 Å². The van der Waals surface area contributed by atoms with E-state index in [0.717, 1.165) is 9.37 Å². The average molecular weight is 407 g/mol. The third-order valence-corrected chi connectivity index (χ3v) is 4.57. The van der Waals surface area contributed by atoms with Crippen molar-refractivity contribution in [2.75, 3.05) is 13.2 Å². The molecule has 5 nitrogen and oxygen atoms in total. The number of halogens is 2. The first-order valence-corrected chi connectivity index (χ1v) is 8.48. The molecule has 1 heterocycles. The molecule has 0 bridgehead atoms. The molecule has 3 rings (SSSR count). The van der Waals surface area contributed by atoms with E-state index in [1.165, 1.54) is 24.3 Å². The second kappa shape index (κ2) is 6.84. The molecule has 0 aliphatic carbocycles. The standard InChI is InChI=1S/C18H16BrFN2O3/c1-18(12-5-7-14(20)8-6-12)16(23)22(17(24)21-18)9-10-25-15-4-2-3-13(19)11-15/h2-8,11H,9-10H2,1H3,(H,21,24). The molecule has 1 aliphatic rings. The van der Waals surface area contributed by atoms with Crippen LogP contribution < -0.4 is 10.1 Å². The number of benzene rings is 2. The fourth-order valence-electron chi connectivity index (χ4n) is 2.69. The van der Waals surface area contributed by atoms with Gasteiger partial charge < -0.3 is 10.1 Å². The molecule has 1 aliphatic heterocycles. The molecule has 0 spiro atoms. The number of nitrogens with zero attached hydrogens (tertiary/aromatic N) is 1. The minimum Gasteiger partial charge on any atom is -0.492 e. The summed E-state index contributed by atoms with van der Waals surface area (Å²) >= 11 is 3.35. The van der Waals surface area contributed by atoms with Gasteiger partial charge in [-0.1, -0.05) is 34.1 Å². The summed E-state index contributed by atoms with van der Waals surface area (Å²) in [6.45, 7) is 1.90. The Morgan fingerprint density at radius 2 is 1.92 bits per heavy atom. The van der Waals surface area contributed by atoms with Crippen molar-refractivity contribution < 1.29 is 18.7 Å². The number of amides is 3. The lowest BCUT2D eigenvalue weighted by atomic mass is 9.92. The quantitative estimate of drug-likeness (QED) is 0.773. The van der Waals surface area contributed by atoms with Crippen LogP contribution in [0.1, 0.15) is 12.5 Å². The predicted molar refractivity (Wildman–Crippen MR) is 93.6 cm³/mol. The van der Waals surface area contributed by atoms with Crippen LogP contribution >= 0.6 is 15.9 Å². The van der Waals surface area contributed by atoms with E-state index in [4.69, 9.17) is 4.74 Å². The first-order valence-electron chi connectivity index (χ1n) is 7.69. The van der Waals surface area contributed by atoms with Crippen LogP contribution in [0.2, 0.25) is 0 Å². The van der Waals surface area contributed by atoms with Crippen molar-refractivity contribution in [1.29, 1.82) is 0 Å². The fourth-order valence-corrected chi connectivity index (χ4v) is 3.07. The SMILES string of the molecule is CC1(c2ccc(F)cc2)NC(=O)N(CCOc2cccc(Br)c2)C1=O. The van der Waals surface area contributed by atoms with Crippen molar-refractivity contribution in [2.45, 2.75) is 12.5 Å². The Hall–Kier alpha value is -2.41. The van der Waals surface area contributed by atoms with Gasteiger partial charge in [-0.05, 0) is 42.8 Å². The van der Waals surface area contributed by atoms with Gasteiger partial charge in [0.25, 0.3) is 5.91 Å². The number of carbonyl (C=O) groups is 2. The minimum absolute atomic E-state index is 0.119. The van der Waals surface area contributed by atoms with Crippen LogP contribution in [-0.2, 0) is 10.3 Å². The molecule has 3 amide bonds. The van der Waals surface area contributed by atoms with Crippen molar-refractivity contribution >= 4 is 27.9 Å². The number of urea groups is 1. The van der Waals surface area contributed by atoms with E-state index in [1.54, 1.807) is 19.1 Å². The second-order valence-corrected chi connectivity index (χ2v) is 6.74. The van der Waals surface area contributed by atoms with Gasteiger partial charge in [-0.3, -0.25) is 9.69 Å². The molecule has 25 heavy (non-hydrogen) atoms. The van der Waals surface area contributed by atoms with E-state index in [-0.39, 0.29) is 19.1 Å². The maximum atomic E-state index is 13.1. The van der Waals surface area contributed by atoms with E-state index >= 15 is 0 Å². The Labute approximate surface area is 152 Å². The van der Waals surface area contributed by atoms with Gasteiger partial charge in [-0.25, -0.2) is 9.18 Å². The number of rotatable bonds is 5. The summed E-state index contributed by atoms with van der Waals surface area (Å²) in [4.78, 5) is 26.0. The molecule has 1 unspecified atom stereocenters. The Morgan fingerprint density at radius 3 is 2.60 bits per heavy atom. The van der Waals surface area contributed by atoms with Crippen LogP contribution in [0.3, 0.4) is 0 Å². The van der Waals surface area contributed by atoms with Crippen molar-refractivity contribution in [2.24, 2.45) is 0 Å². The fraction of sp³-hybridized carbons (Fsp3) is 0.222. The number of ether oxygens (including phenoxy) is 1. The van der Waals surface area contributed by atoms with Gasteiger partial charge in [0.05, 0.1) is 6.54 Å². The van der Waals surface area contributed by atoms with E-state index in [0.29, 0.717) is 11.3 Å². The zero-order chi connectivity index (χ0) is 18.0. The van der Waals surface area contributed by atoms with Crippen molar-refractivity contribution in [3.8, 4) is 5.75 Å². The average Bonchev–Trinajstić information content (AvgIpc) is 2.79. The topological polar surface area (TPSA) is 58.6 Å². The lowest BCUT2D eigenvalue weighted by molar-refractivity contribution is -0.131. The number of carbonyl (C=O) groups excluding carboxylic acids is 2. The van der Waals surface area contributed by atoms with E-state index in [2.05, 4.69) is 21.2 Å². The normalized spacial score (nSPS) is 19.9. The van der Waals surface area contributed by atoms with Gasteiger partial charge in [0.2, 0.25) is 0 Å². The molecule has 2 aromatic carbocycles. The van der Waals surface area contributed by atoms with Gasteiger partial charge >= 0.3 is 6.03 Å². The second-order valence-electron chi connectivity index (χ2n) is 5.82. The molecule has 2 aromatic rings. The van der Waals surface area contributed by atoms with Gasteiger partial charge in [0.1, 0.15) is 23.7 Å². The number of hydrogen-bond donors (Lipinski definition) is 1. The number of hydrogen-bond acceptors (Lipinski definition) is 3. The third kappa shape index (κ3) is 3.51. The molecule has 1 saturated heterocycles. The first kappa shape index (κ1) is 17.4. The Kier molecular flexibility index (Phi) is 4.76. The van der Waals surface area contributed by atoms with E-state index < -0.39 is 17.4 Å². The maximum absolute atomic E-state index is 13.1. The Balaban J connectivity index is 1.68. The molecule has 0 saturated carbocycles. The lowest BCUT2D eigenvalue weighted by Crippen LogP contribution is -2.41. The molecular formula is C18H16BrFN2O3. The highest BCUT2D eigenvalue weighted by molar-refractivity contribution is 9.10. The smallest absolute Gasteiger partial charge is 0.325 e. The van der Waals surface area contributed by atoms with Crippen LogP contribution in [0.15, 0.2) is 53.0 Å². The highest BCUT2D eigenvalue weighted by atomic mass is 79.9. The maximum Gasteiger partial charge on any atom is 0.325 e. The first-order chi connectivity index (χ1) is 11.9. The molecule has 0 aromatic heterocycles. The van der Waals surface area contributed by atoms with Crippen LogP contribution in [0.4, 0.5) is 9.18 Å². The summed E-state index contributed by atoms with van der Waals surface area (Å²) in [5.74, 6) is -0.145. The molecule has 7 heteroatoms. The lowest BCUT2D eigenvalue weighted by Gasteiger charge is -2.22. The van der Waals surface area contributed by atoms with Crippen LogP contribution in [0.25, 0.3) is 0 Å². The summed E-state index contributed by atoms with van der Waals surface area (Å²) in [5, 5.41) is 2.68. The van der Waals surface area contributed by atoms with Crippen molar-refractivity contribution in [3.05, 3.63) is 64.4 Å². The summed E-state index contributed by atoms with van der Waals surface area (Å²) < 4.78 is 19.6. The minimum atomic E-state index is -1.21. The van der Waals surface area contributed by atoms with Crippen molar-refractivity contribution in [1.82, 2.24) is 10.2 Å². The van der Waals surface area contributed by atoms with Crippen LogP contribution in [0.5, 0.6) is 5.75 Å². The molecule has 1 N–H and O–H groups in total. The monoisotopic (exact) mass is 406 g/mol. The predicted octanol–water partition coefficient (Wildman–Crippen LogP) is 3.43. The van der Waals surface area contributed by atoms with Gasteiger partial charge in [0, 0.05) is 4.47 Å². The Morgan fingerprint density at radius 1 is 1.20 bits per heavy atom. The summed E-state index contributed by atoms with van der Waals surface area (Å²) in [6.07, 6.45) is 0. The van der Waals surface area contributed by atoms with Crippen LogP contribution in [0, 0.1) is 5.82 Å². The number of nitrogens with one attached hydrogen (secondary N) is 1. The van der Waals surface area contributed by atoms with Crippen molar-refractivity contribution in [3.63, 3.8) is 0 Å². The zero-order valence-corrected chi connectivity index (χ0v) is 15.0. The summed E-state index contributed by atoms with van der Waals surface area (Å²) in [6, 6.07) is 12.3. The van der Waals surface area contributed by atoms with E-state index in [9.17, 15) is 14.0 Å². The van der Waals surface area contributed by atoms with Gasteiger partial charge in [0.15, 0.2) is 0 Å². The highest BCUT2D eigenvalue weighted by Gasteiger charge is 2.48. The zero-order valence-electron chi connectivity index (χ0n) is 13.5. The van der Waals surface area contributed by atoms with Gasteiger partial charge in [-0.15, -0.1) is 0 Å². The molecule has 1 atom stereocenters. The summed E-state index contributed by atoms with van der Waals surface area (Å²) in [7, 11) is 0. The van der Waals surface area contributed by atoms with Crippen LogP contribution in [-0.4, -0.2) is 30.0 Å². The highest BCUT2D eigenvalue weighted by Crippen LogP contribution is 2.28. The Bertz CT molecular complexity index is 812. The molecular weight excluding hydrogens is 391 g/mol. The third-order valence-electron chi connectivity index (χ3n) is 4.08. The molecule has 0 radical (unpaired) electrons. The largest absolute Gasteiger partial charge is 0.492 e. The number of imide groups is 1. The molecule has 130 valence electrons.